The summed E-state index contributed by atoms with van der Waals surface area (Å²) in [6.45, 7) is 1.15. The molecule has 2 unspecified atom stereocenters. The lowest BCUT2D eigenvalue weighted by atomic mass is 10.2. The number of nitrogens with zero attached hydrogens (tertiary/aromatic N) is 1. The zero-order chi connectivity index (χ0) is 12.4. The van der Waals surface area contributed by atoms with Gasteiger partial charge in [-0.05, 0) is 5.56 Å². The van der Waals surface area contributed by atoms with Gasteiger partial charge in [0.15, 0.2) is 5.17 Å². The monoisotopic (exact) mass is 262 g/mol. The van der Waals surface area contributed by atoms with E-state index in [0.29, 0.717) is 13.2 Å². The summed E-state index contributed by atoms with van der Waals surface area (Å²) < 4.78 is 0. The van der Waals surface area contributed by atoms with Gasteiger partial charge in [-0.25, -0.2) is 0 Å². The van der Waals surface area contributed by atoms with Gasteiger partial charge in [0.25, 0.3) is 0 Å². The van der Waals surface area contributed by atoms with E-state index < -0.39 is 0 Å². The normalized spacial score (nSPS) is 28.7. The number of carbonyl (C=O) groups excluding carboxylic acids is 1. The first-order chi connectivity index (χ1) is 8.83. The number of thioether (sulfide) groups is 1. The standard InChI is InChI=1S/C12H14N4OS/c17-11-9-10(14-7-15-11)16-12(18-9)13-6-8-4-2-1-3-5-8/h1-5,9-10,14H,6-7H2,(H,13,16)(H,15,17). The van der Waals surface area contributed by atoms with E-state index >= 15 is 0 Å². The first kappa shape index (κ1) is 11.6. The summed E-state index contributed by atoms with van der Waals surface area (Å²) in [6, 6.07) is 10.1. The third kappa shape index (κ3) is 2.34. The molecule has 0 spiro atoms. The molecule has 2 aliphatic rings. The van der Waals surface area contributed by atoms with Gasteiger partial charge in [-0.2, -0.15) is 0 Å². The van der Waals surface area contributed by atoms with Gasteiger partial charge in [0.05, 0.1) is 13.2 Å². The Kier molecular flexibility index (Phi) is 3.21. The summed E-state index contributed by atoms with van der Waals surface area (Å²) in [7, 11) is 0. The van der Waals surface area contributed by atoms with Gasteiger partial charge in [-0.3, -0.25) is 15.1 Å². The van der Waals surface area contributed by atoms with Crippen LogP contribution in [0.1, 0.15) is 5.56 Å². The number of hydrogen-bond donors (Lipinski definition) is 3. The van der Waals surface area contributed by atoms with Crippen molar-refractivity contribution in [3.05, 3.63) is 35.9 Å². The average molecular weight is 262 g/mol. The lowest BCUT2D eigenvalue weighted by Crippen LogP contribution is -2.59. The average Bonchev–Trinajstić information content (AvgIpc) is 2.82. The zero-order valence-corrected chi connectivity index (χ0v) is 10.5. The first-order valence-corrected chi connectivity index (χ1v) is 6.73. The number of rotatable bonds is 2. The number of amides is 1. The van der Waals surface area contributed by atoms with Gasteiger partial charge in [0.2, 0.25) is 5.91 Å². The first-order valence-electron chi connectivity index (χ1n) is 5.85. The second-order valence-electron chi connectivity index (χ2n) is 4.19. The Balaban J connectivity index is 1.66. The lowest BCUT2D eigenvalue weighted by molar-refractivity contribution is -0.122. The van der Waals surface area contributed by atoms with E-state index in [4.69, 9.17) is 0 Å². The van der Waals surface area contributed by atoms with E-state index in [1.165, 1.54) is 17.3 Å². The van der Waals surface area contributed by atoms with Crippen molar-refractivity contribution in [2.75, 3.05) is 6.67 Å². The molecule has 1 amide bonds. The topological polar surface area (TPSA) is 65.5 Å². The van der Waals surface area contributed by atoms with Crippen molar-refractivity contribution in [3.63, 3.8) is 0 Å². The van der Waals surface area contributed by atoms with Crippen LogP contribution in [0.15, 0.2) is 35.3 Å². The maximum absolute atomic E-state index is 11.6. The maximum atomic E-state index is 11.6. The Morgan fingerprint density at radius 2 is 2.17 bits per heavy atom. The number of fused-ring (bicyclic) bond motifs is 1. The van der Waals surface area contributed by atoms with Crippen LogP contribution in [0.25, 0.3) is 0 Å². The number of aliphatic imine (C=N–C) groups is 1. The molecular formula is C12H14N4OS. The van der Waals surface area contributed by atoms with Gasteiger partial charge in [-0.15, -0.1) is 0 Å². The van der Waals surface area contributed by atoms with Crippen LogP contribution < -0.4 is 16.0 Å². The van der Waals surface area contributed by atoms with Crippen molar-refractivity contribution >= 4 is 22.8 Å². The Labute approximate surface area is 109 Å². The second-order valence-corrected chi connectivity index (χ2v) is 5.32. The van der Waals surface area contributed by atoms with Crippen LogP contribution in [0.5, 0.6) is 0 Å². The fraction of sp³-hybridized carbons (Fsp3) is 0.333. The van der Waals surface area contributed by atoms with Gasteiger partial charge < -0.3 is 10.6 Å². The summed E-state index contributed by atoms with van der Waals surface area (Å²) in [6.07, 6.45) is -0.00160. The van der Waals surface area contributed by atoms with Crippen LogP contribution in [-0.2, 0) is 11.3 Å². The van der Waals surface area contributed by atoms with Crippen molar-refractivity contribution in [2.45, 2.75) is 18.0 Å². The Bertz CT molecular complexity index is 476. The highest BCUT2D eigenvalue weighted by Gasteiger charge is 2.39. The lowest BCUT2D eigenvalue weighted by Gasteiger charge is -2.24. The number of hydrogen-bond acceptors (Lipinski definition) is 4. The molecule has 0 saturated carbocycles. The highest BCUT2D eigenvalue weighted by Crippen LogP contribution is 2.24. The molecule has 0 radical (unpaired) electrons. The number of amidine groups is 1. The van der Waals surface area contributed by atoms with Crippen molar-refractivity contribution in [1.29, 1.82) is 0 Å². The minimum absolute atomic E-state index is 0.00160. The summed E-state index contributed by atoms with van der Waals surface area (Å²) >= 11 is 1.49. The van der Waals surface area contributed by atoms with Gasteiger partial charge in [-0.1, -0.05) is 42.1 Å². The molecule has 1 aromatic rings. The zero-order valence-electron chi connectivity index (χ0n) is 9.72. The Morgan fingerprint density at radius 3 is 2.94 bits per heavy atom. The van der Waals surface area contributed by atoms with E-state index in [1.54, 1.807) is 0 Å². The molecule has 94 valence electrons. The number of nitrogens with one attached hydrogen (secondary N) is 3. The van der Waals surface area contributed by atoms with Crippen molar-refractivity contribution in [3.8, 4) is 0 Å². The minimum Gasteiger partial charge on any atom is -0.348 e. The second kappa shape index (κ2) is 4.99. The van der Waals surface area contributed by atoms with Crippen molar-refractivity contribution in [1.82, 2.24) is 16.0 Å². The van der Waals surface area contributed by atoms with Crippen LogP contribution in [0.4, 0.5) is 0 Å². The van der Waals surface area contributed by atoms with Crippen LogP contribution in [0.3, 0.4) is 0 Å². The van der Waals surface area contributed by atoms with Gasteiger partial charge in [0.1, 0.15) is 11.4 Å². The molecule has 0 aromatic heterocycles. The molecule has 5 nitrogen and oxygen atoms in total. The largest absolute Gasteiger partial charge is 0.348 e. The van der Waals surface area contributed by atoms with Crippen LogP contribution >= 0.6 is 11.8 Å². The van der Waals surface area contributed by atoms with Crippen LogP contribution in [-0.4, -0.2) is 29.2 Å². The number of benzene rings is 1. The molecule has 3 N–H and O–H groups in total. The molecule has 0 aliphatic carbocycles. The third-order valence-electron chi connectivity index (χ3n) is 2.91. The summed E-state index contributed by atoms with van der Waals surface area (Å²) in [4.78, 5) is 16.1. The highest BCUT2D eigenvalue weighted by molar-refractivity contribution is 8.15. The van der Waals surface area contributed by atoms with Crippen LogP contribution in [0.2, 0.25) is 0 Å². The van der Waals surface area contributed by atoms with E-state index in [1.807, 2.05) is 30.3 Å². The molecule has 2 fully saturated rings. The third-order valence-corrected chi connectivity index (χ3v) is 4.12. The van der Waals surface area contributed by atoms with E-state index in [-0.39, 0.29) is 17.3 Å². The van der Waals surface area contributed by atoms with E-state index in [9.17, 15) is 4.79 Å². The predicted molar refractivity (Wildman–Crippen MR) is 72.0 cm³/mol. The quantitative estimate of drug-likeness (QED) is 0.715. The maximum Gasteiger partial charge on any atom is 0.238 e. The van der Waals surface area contributed by atoms with Crippen LogP contribution in [0, 0.1) is 0 Å². The summed E-state index contributed by atoms with van der Waals surface area (Å²) in [5, 5.41) is 9.93. The molecule has 2 saturated heterocycles. The highest BCUT2D eigenvalue weighted by atomic mass is 32.2. The molecule has 2 atom stereocenters. The molecule has 6 heteroatoms. The number of carbonyl (C=O) groups is 1. The molecule has 0 bridgehead atoms. The molecule has 2 aliphatic heterocycles. The van der Waals surface area contributed by atoms with E-state index in [2.05, 4.69) is 20.9 Å². The molecule has 2 heterocycles. The van der Waals surface area contributed by atoms with Crippen molar-refractivity contribution in [2.24, 2.45) is 4.99 Å². The van der Waals surface area contributed by atoms with E-state index in [0.717, 1.165) is 5.17 Å². The molecule has 3 rings (SSSR count). The molecular weight excluding hydrogens is 248 g/mol. The predicted octanol–water partition coefficient (Wildman–Crippen LogP) is 0.251. The van der Waals surface area contributed by atoms with Gasteiger partial charge in [0, 0.05) is 0 Å². The Morgan fingerprint density at radius 1 is 1.33 bits per heavy atom. The van der Waals surface area contributed by atoms with Crippen molar-refractivity contribution < 1.29 is 4.79 Å². The summed E-state index contributed by atoms with van der Waals surface area (Å²) in [5.41, 5.74) is 1.17. The minimum atomic E-state index is -0.117. The van der Waals surface area contributed by atoms with Gasteiger partial charge >= 0.3 is 0 Å². The fourth-order valence-corrected chi connectivity index (χ4v) is 3.04. The SMILES string of the molecule is O=C1NCNC2NC(=NCc3ccccc3)SC12. The fourth-order valence-electron chi connectivity index (χ4n) is 1.97. The smallest absolute Gasteiger partial charge is 0.238 e. The molecule has 18 heavy (non-hydrogen) atoms. The summed E-state index contributed by atoms with van der Waals surface area (Å²) in [5.74, 6) is 0.0705. The molecule has 1 aromatic carbocycles. The Hall–Kier alpha value is -1.53.